The van der Waals surface area contributed by atoms with Crippen LogP contribution < -0.4 is 0 Å². The van der Waals surface area contributed by atoms with Gasteiger partial charge in [-0.2, -0.15) is 4.20 Å². The Bertz CT molecular complexity index is 244. The van der Waals surface area contributed by atoms with Gasteiger partial charge >= 0.3 is 7.68 Å². The molecule has 0 aromatic rings. The summed E-state index contributed by atoms with van der Waals surface area (Å²) >= 11 is 0. The molecule has 0 radical (unpaired) electrons. The normalized spacial score (nSPS) is 14.8. The molecule has 0 bridgehead atoms. The van der Waals surface area contributed by atoms with E-state index in [4.69, 9.17) is 4.52 Å². The van der Waals surface area contributed by atoms with Crippen molar-refractivity contribution in [2.24, 2.45) is 0 Å². The number of rotatable bonds is 13. The lowest BCUT2D eigenvalue weighted by Gasteiger charge is -2.12. The highest BCUT2D eigenvalue weighted by atomic mass is 31.2. The van der Waals surface area contributed by atoms with Gasteiger partial charge in [0.1, 0.15) is 0 Å². The monoisotopic (exact) mass is 294 g/mol. The molecule has 0 saturated carbocycles. The molecule has 4 heteroatoms. The lowest BCUT2D eigenvalue weighted by Crippen LogP contribution is -2.00. The first-order chi connectivity index (χ1) is 8.98. The molecule has 0 aliphatic heterocycles. The summed E-state index contributed by atoms with van der Waals surface area (Å²) in [6.45, 7) is 5.65. The van der Waals surface area contributed by atoms with E-state index in [1.54, 1.807) is 13.8 Å². The van der Waals surface area contributed by atoms with Gasteiger partial charge in [0.2, 0.25) is 0 Å². The van der Waals surface area contributed by atoms with Crippen LogP contribution in [0.4, 0.5) is 4.20 Å². The Kier molecular flexibility index (Phi) is 12.0. The summed E-state index contributed by atoms with van der Waals surface area (Å²) in [5.74, 6) is 0. The van der Waals surface area contributed by atoms with Gasteiger partial charge in [-0.3, -0.25) is 4.57 Å². The van der Waals surface area contributed by atoms with Crippen LogP contribution in [-0.2, 0) is 9.09 Å². The SMILES string of the molecule is CCCCCCCCCCCC[P@](=O)(F)OC(C)C. The molecule has 2 nitrogen and oxygen atoms in total. The molecule has 0 N–H and O–H groups in total. The third-order valence-electron chi connectivity index (χ3n) is 3.15. The van der Waals surface area contributed by atoms with Crippen molar-refractivity contribution < 1.29 is 13.3 Å². The predicted molar refractivity (Wildman–Crippen MR) is 81.6 cm³/mol. The van der Waals surface area contributed by atoms with Gasteiger partial charge in [-0.25, -0.2) is 0 Å². The molecule has 0 spiro atoms. The first-order valence-corrected chi connectivity index (χ1v) is 9.65. The lowest BCUT2D eigenvalue weighted by atomic mass is 10.1. The van der Waals surface area contributed by atoms with Crippen molar-refractivity contribution in [3.63, 3.8) is 0 Å². The maximum absolute atomic E-state index is 13.4. The summed E-state index contributed by atoms with van der Waals surface area (Å²) in [5.41, 5.74) is 0. The molecule has 0 aliphatic carbocycles. The van der Waals surface area contributed by atoms with E-state index in [9.17, 15) is 8.76 Å². The molecule has 0 saturated heterocycles. The standard InChI is InChI=1S/C15H32FO2P/c1-4-5-6-7-8-9-10-11-12-13-14-19(16,17)18-15(2)3/h15H,4-14H2,1-3H3/t19-/m1/s1. The predicted octanol–water partition coefficient (Wildman–Crippen LogP) is 6.49. The summed E-state index contributed by atoms with van der Waals surface area (Å²) in [6.07, 6.45) is 11.7. The highest BCUT2D eigenvalue weighted by Crippen LogP contribution is 2.50. The molecule has 0 aromatic heterocycles. The third-order valence-corrected chi connectivity index (χ3v) is 4.73. The summed E-state index contributed by atoms with van der Waals surface area (Å²) in [6, 6.07) is 0. The van der Waals surface area contributed by atoms with Crippen LogP contribution in [0.25, 0.3) is 0 Å². The topological polar surface area (TPSA) is 26.3 Å². The fraction of sp³-hybridized carbons (Fsp3) is 1.00. The zero-order valence-corrected chi connectivity index (χ0v) is 13.9. The van der Waals surface area contributed by atoms with Crippen LogP contribution in [0.1, 0.15) is 85.0 Å². The van der Waals surface area contributed by atoms with E-state index in [2.05, 4.69) is 6.92 Å². The van der Waals surface area contributed by atoms with Gasteiger partial charge < -0.3 is 4.52 Å². The second-order valence-corrected chi connectivity index (χ2v) is 7.49. The Morgan fingerprint density at radius 1 is 0.895 bits per heavy atom. The minimum Gasteiger partial charge on any atom is -0.303 e. The lowest BCUT2D eigenvalue weighted by molar-refractivity contribution is 0.223. The van der Waals surface area contributed by atoms with Crippen LogP contribution in [-0.4, -0.2) is 12.3 Å². The summed E-state index contributed by atoms with van der Waals surface area (Å²) < 4.78 is 29.6. The summed E-state index contributed by atoms with van der Waals surface area (Å²) in [5, 5.41) is 0. The molecule has 0 amide bonds. The van der Waals surface area contributed by atoms with Crippen LogP contribution in [0.5, 0.6) is 0 Å². The first kappa shape index (κ1) is 19.1. The Labute approximate surface area is 119 Å². The Hall–Kier alpha value is 0.120. The molecule has 0 unspecified atom stereocenters. The van der Waals surface area contributed by atoms with Gasteiger partial charge in [0, 0.05) is 0 Å². The molecule has 116 valence electrons. The van der Waals surface area contributed by atoms with E-state index in [0.717, 1.165) is 12.8 Å². The first-order valence-electron chi connectivity index (χ1n) is 7.95. The van der Waals surface area contributed by atoms with E-state index >= 15 is 0 Å². The van der Waals surface area contributed by atoms with Crippen molar-refractivity contribution in [3.8, 4) is 0 Å². The van der Waals surface area contributed by atoms with Crippen molar-refractivity contribution >= 4 is 7.68 Å². The minimum absolute atomic E-state index is 0.0850. The second kappa shape index (κ2) is 11.9. The number of hydrogen-bond acceptors (Lipinski definition) is 2. The summed E-state index contributed by atoms with van der Waals surface area (Å²) in [7, 11) is -3.82. The van der Waals surface area contributed by atoms with Gasteiger partial charge in [-0.15, -0.1) is 0 Å². The molecule has 0 heterocycles. The Morgan fingerprint density at radius 3 is 1.74 bits per heavy atom. The average Bonchev–Trinajstić information content (AvgIpc) is 2.30. The van der Waals surface area contributed by atoms with Crippen molar-refractivity contribution in [2.45, 2.75) is 91.1 Å². The van der Waals surface area contributed by atoms with Crippen LogP contribution in [0.2, 0.25) is 0 Å². The number of unbranched alkanes of at least 4 members (excludes halogenated alkanes) is 9. The van der Waals surface area contributed by atoms with Crippen LogP contribution in [0, 0.1) is 0 Å². The molecular formula is C15H32FO2P. The Balaban J connectivity index is 3.29. The molecule has 0 aliphatic rings. The third kappa shape index (κ3) is 14.3. The highest BCUT2D eigenvalue weighted by molar-refractivity contribution is 7.53. The van der Waals surface area contributed by atoms with E-state index in [1.165, 1.54) is 44.9 Å². The molecule has 19 heavy (non-hydrogen) atoms. The minimum atomic E-state index is -3.82. The van der Waals surface area contributed by atoms with E-state index in [1.807, 2.05) is 0 Å². The van der Waals surface area contributed by atoms with Crippen LogP contribution >= 0.6 is 7.68 Å². The van der Waals surface area contributed by atoms with Crippen LogP contribution in [0.3, 0.4) is 0 Å². The quantitative estimate of drug-likeness (QED) is 0.286. The fourth-order valence-corrected chi connectivity index (χ4v) is 3.49. The van der Waals surface area contributed by atoms with Gasteiger partial charge in [0.15, 0.2) is 0 Å². The zero-order valence-electron chi connectivity index (χ0n) is 13.0. The van der Waals surface area contributed by atoms with E-state index in [0.29, 0.717) is 6.42 Å². The van der Waals surface area contributed by atoms with Crippen LogP contribution in [0.15, 0.2) is 0 Å². The molecule has 0 aromatic carbocycles. The fourth-order valence-electron chi connectivity index (χ4n) is 2.16. The molecular weight excluding hydrogens is 262 g/mol. The number of halogens is 1. The second-order valence-electron chi connectivity index (χ2n) is 5.65. The van der Waals surface area contributed by atoms with Crippen molar-refractivity contribution in [1.82, 2.24) is 0 Å². The molecule has 0 fully saturated rings. The maximum Gasteiger partial charge on any atom is 0.367 e. The van der Waals surface area contributed by atoms with E-state index < -0.39 is 7.68 Å². The van der Waals surface area contributed by atoms with Crippen molar-refractivity contribution in [3.05, 3.63) is 0 Å². The van der Waals surface area contributed by atoms with Gasteiger partial charge in [-0.05, 0) is 20.3 Å². The Morgan fingerprint density at radius 2 is 1.32 bits per heavy atom. The largest absolute Gasteiger partial charge is 0.367 e. The van der Waals surface area contributed by atoms with Gasteiger partial charge in [0.25, 0.3) is 0 Å². The molecule has 0 rings (SSSR count). The smallest absolute Gasteiger partial charge is 0.303 e. The highest BCUT2D eigenvalue weighted by Gasteiger charge is 2.22. The average molecular weight is 294 g/mol. The van der Waals surface area contributed by atoms with E-state index in [-0.39, 0.29) is 12.3 Å². The zero-order chi connectivity index (χ0) is 14.6. The van der Waals surface area contributed by atoms with Gasteiger partial charge in [-0.1, -0.05) is 64.7 Å². The van der Waals surface area contributed by atoms with Crippen molar-refractivity contribution in [2.75, 3.05) is 6.16 Å². The maximum atomic E-state index is 13.4. The van der Waals surface area contributed by atoms with Crippen molar-refractivity contribution in [1.29, 1.82) is 0 Å². The summed E-state index contributed by atoms with van der Waals surface area (Å²) in [4.78, 5) is 0. The number of hydrogen-bond donors (Lipinski definition) is 0. The molecule has 1 atom stereocenters. The van der Waals surface area contributed by atoms with Gasteiger partial charge in [0.05, 0.1) is 12.3 Å².